The molecule has 0 aromatic heterocycles. The summed E-state index contributed by atoms with van der Waals surface area (Å²) in [4.78, 5) is 2.27. The summed E-state index contributed by atoms with van der Waals surface area (Å²) in [6.07, 6.45) is 2.06. The summed E-state index contributed by atoms with van der Waals surface area (Å²) in [6.45, 7) is 4.24. The van der Waals surface area contributed by atoms with Crippen LogP contribution in [0.5, 0.6) is 0 Å². The molecule has 0 amide bonds. The predicted molar refractivity (Wildman–Crippen MR) is 65.7 cm³/mol. The summed E-state index contributed by atoms with van der Waals surface area (Å²) in [5.74, 6) is -0.209. The number of hydrogen-bond donors (Lipinski definition) is 1. The lowest BCUT2D eigenvalue weighted by Crippen LogP contribution is -2.24. The van der Waals surface area contributed by atoms with Gasteiger partial charge in [0.15, 0.2) is 0 Å². The van der Waals surface area contributed by atoms with Gasteiger partial charge in [0, 0.05) is 6.04 Å². The minimum atomic E-state index is -0.209. The van der Waals surface area contributed by atoms with E-state index in [-0.39, 0.29) is 11.9 Å². The minimum Gasteiger partial charge on any atom is -0.324 e. The van der Waals surface area contributed by atoms with E-state index in [1.807, 2.05) is 0 Å². The second-order valence-electron chi connectivity index (χ2n) is 4.25. The van der Waals surface area contributed by atoms with Gasteiger partial charge in [0.1, 0.15) is 5.82 Å². The van der Waals surface area contributed by atoms with E-state index in [9.17, 15) is 4.39 Å². The van der Waals surface area contributed by atoms with E-state index in [1.54, 1.807) is 12.1 Å². The predicted octanol–water partition coefficient (Wildman–Crippen LogP) is 2.56. The normalized spacial score (nSPS) is 13.1. The molecule has 2 nitrogen and oxygen atoms in total. The second kappa shape index (κ2) is 6.61. The van der Waals surface area contributed by atoms with Gasteiger partial charge in [0.25, 0.3) is 0 Å². The SMILES string of the molecule is CCCN(C)CCC(N)c1ccc(F)cc1. The molecular weight excluding hydrogens is 203 g/mol. The van der Waals surface area contributed by atoms with Crippen molar-refractivity contribution in [2.24, 2.45) is 5.73 Å². The van der Waals surface area contributed by atoms with E-state index < -0.39 is 0 Å². The van der Waals surface area contributed by atoms with Crippen molar-refractivity contribution in [1.29, 1.82) is 0 Å². The summed E-state index contributed by atoms with van der Waals surface area (Å²) in [5, 5.41) is 0. The maximum Gasteiger partial charge on any atom is 0.123 e. The van der Waals surface area contributed by atoms with Crippen LogP contribution >= 0.6 is 0 Å². The topological polar surface area (TPSA) is 29.3 Å². The van der Waals surface area contributed by atoms with Gasteiger partial charge in [-0.1, -0.05) is 19.1 Å². The lowest BCUT2D eigenvalue weighted by molar-refractivity contribution is 0.319. The first kappa shape index (κ1) is 13.1. The summed E-state index contributed by atoms with van der Waals surface area (Å²) >= 11 is 0. The highest BCUT2D eigenvalue weighted by Gasteiger charge is 2.07. The molecule has 0 saturated heterocycles. The van der Waals surface area contributed by atoms with Crippen molar-refractivity contribution in [1.82, 2.24) is 4.90 Å². The number of nitrogens with two attached hydrogens (primary N) is 1. The van der Waals surface area contributed by atoms with Crippen molar-refractivity contribution in [3.63, 3.8) is 0 Å². The zero-order valence-corrected chi connectivity index (χ0v) is 10.1. The Kier molecular flexibility index (Phi) is 5.43. The molecule has 0 radical (unpaired) electrons. The Hall–Kier alpha value is -0.930. The van der Waals surface area contributed by atoms with Crippen LogP contribution in [-0.2, 0) is 0 Å². The smallest absolute Gasteiger partial charge is 0.123 e. The highest BCUT2D eigenvalue weighted by molar-refractivity contribution is 5.19. The Labute approximate surface area is 97.3 Å². The van der Waals surface area contributed by atoms with Crippen LogP contribution in [0.2, 0.25) is 0 Å². The largest absolute Gasteiger partial charge is 0.324 e. The van der Waals surface area contributed by atoms with Crippen LogP contribution in [0.1, 0.15) is 31.4 Å². The molecule has 90 valence electrons. The monoisotopic (exact) mass is 224 g/mol. The first-order valence-electron chi connectivity index (χ1n) is 5.83. The Morgan fingerprint density at radius 1 is 1.25 bits per heavy atom. The van der Waals surface area contributed by atoms with Gasteiger partial charge in [-0.2, -0.15) is 0 Å². The molecule has 0 aliphatic carbocycles. The zero-order chi connectivity index (χ0) is 12.0. The fourth-order valence-electron chi connectivity index (χ4n) is 1.73. The summed E-state index contributed by atoms with van der Waals surface area (Å²) < 4.78 is 12.7. The molecule has 0 fully saturated rings. The maximum atomic E-state index is 12.7. The highest BCUT2D eigenvalue weighted by atomic mass is 19.1. The van der Waals surface area contributed by atoms with Gasteiger partial charge in [0.05, 0.1) is 0 Å². The summed E-state index contributed by atoms with van der Waals surface area (Å²) in [5.41, 5.74) is 7.05. The van der Waals surface area contributed by atoms with Crippen LogP contribution in [0, 0.1) is 5.82 Å². The average Bonchev–Trinajstić information content (AvgIpc) is 2.27. The van der Waals surface area contributed by atoms with E-state index in [2.05, 4.69) is 18.9 Å². The van der Waals surface area contributed by atoms with E-state index in [0.717, 1.165) is 31.5 Å². The number of rotatable bonds is 6. The quantitative estimate of drug-likeness (QED) is 0.804. The highest BCUT2D eigenvalue weighted by Crippen LogP contribution is 2.14. The lowest BCUT2D eigenvalue weighted by Gasteiger charge is -2.18. The van der Waals surface area contributed by atoms with E-state index >= 15 is 0 Å². The van der Waals surface area contributed by atoms with Gasteiger partial charge in [-0.25, -0.2) is 4.39 Å². The third-order valence-electron chi connectivity index (χ3n) is 2.73. The molecule has 1 aromatic rings. The average molecular weight is 224 g/mol. The van der Waals surface area contributed by atoms with E-state index in [1.165, 1.54) is 12.1 Å². The van der Waals surface area contributed by atoms with Crippen molar-refractivity contribution in [3.05, 3.63) is 35.6 Å². The molecule has 3 heteroatoms. The molecule has 0 bridgehead atoms. The Morgan fingerprint density at radius 3 is 2.44 bits per heavy atom. The first-order chi connectivity index (χ1) is 7.63. The van der Waals surface area contributed by atoms with Crippen molar-refractivity contribution in [2.75, 3.05) is 20.1 Å². The molecule has 16 heavy (non-hydrogen) atoms. The van der Waals surface area contributed by atoms with Crippen LogP contribution in [-0.4, -0.2) is 25.0 Å². The van der Waals surface area contributed by atoms with Crippen LogP contribution in [0.4, 0.5) is 4.39 Å². The van der Waals surface area contributed by atoms with Gasteiger partial charge >= 0.3 is 0 Å². The summed E-state index contributed by atoms with van der Waals surface area (Å²) in [7, 11) is 2.10. The molecule has 0 spiro atoms. The molecule has 0 saturated carbocycles. The first-order valence-corrected chi connectivity index (χ1v) is 5.83. The number of hydrogen-bond acceptors (Lipinski definition) is 2. The van der Waals surface area contributed by atoms with Gasteiger partial charge < -0.3 is 10.6 Å². The molecule has 0 aliphatic heterocycles. The molecule has 0 heterocycles. The van der Waals surface area contributed by atoms with Crippen LogP contribution in [0.25, 0.3) is 0 Å². The third-order valence-corrected chi connectivity index (χ3v) is 2.73. The number of benzene rings is 1. The van der Waals surface area contributed by atoms with Gasteiger partial charge in [-0.3, -0.25) is 0 Å². The molecule has 1 unspecified atom stereocenters. The van der Waals surface area contributed by atoms with E-state index in [0.29, 0.717) is 0 Å². The van der Waals surface area contributed by atoms with Gasteiger partial charge in [-0.15, -0.1) is 0 Å². The minimum absolute atomic E-state index is 0.0000869. The molecule has 0 aliphatic rings. The lowest BCUT2D eigenvalue weighted by atomic mass is 10.0. The van der Waals surface area contributed by atoms with E-state index in [4.69, 9.17) is 5.73 Å². The van der Waals surface area contributed by atoms with Crippen molar-refractivity contribution in [2.45, 2.75) is 25.8 Å². The standard InChI is InChI=1S/C13H21FN2/c1-3-9-16(2)10-8-13(15)11-4-6-12(14)7-5-11/h4-7,13H,3,8-10,15H2,1-2H3. The third kappa shape index (κ3) is 4.29. The van der Waals surface area contributed by atoms with Crippen LogP contribution in [0.15, 0.2) is 24.3 Å². The second-order valence-corrected chi connectivity index (χ2v) is 4.25. The van der Waals surface area contributed by atoms with Crippen molar-refractivity contribution >= 4 is 0 Å². The summed E-state index contributed by atoms with van der Waals surface area (Å²) in [6, 6.07) is 6.45. The molecule has 2 N–H and O–H groups in total. The number of nitrogens with zero attached hydrogens (tertiary/aromatic N) is 1. The fourth-order valence-corrected chi connectivity index (χ4v) is 1.73. The van der Waals surface area contributed by atoms with Crippen LogP contribution in [0.3, 0.4) is 0 Å². The zero-order valence-electron chi connectivity index (χ0n) is 10.1. The Balaban J connectivity index is 2.40. The Bertz CT molecular complexity index is 297. The van der Waals surface area contributed by atoms with Gasteiger partial charge in [0.2, 0.25) is 0 Å². The van der Waals surface area contributed by atoms with Crippen molar-refractivity contribution in [3.8, 4) is 0 Å². The maximum absolute atomic E-state index is 12.7. The van der Waals surface area contributed by atoms with Gasteiger partial charge in [-0.05, 0) is 50.7 Å². The van der Waals surface area contributed by atoms with Crippen LogP contribution < -0.4 is 5.73 Å². The molecule has 1 atom stereocenters. The molecule has 1 aromatic carbocycles. The Morgan fingerprint density at radius 2 is 1.88 bits per heavy atom. The molecular formula is C13H21FN2. The van der Waals surface area contributed by atoms with Crippen molar-refractivity contribution < 1.29 is 4.39 Å². The number of halogens is 1. The fraction of sp³-hybridized carbons (Fsp3) is 0.538. The molecule has 1 rings (SSSR count).